The van der Waals surface area contributed by atoms with Crippen LogP contribution in [0.25, 0.3) is 0 Å². The van der Waals surface area contributed by atoms with E-state index in [2.05, 4.69) is 9.40 Å². The van der Waals surface area contributed by atoms with Crippen LogP contribution in [0.5, 0.6) is 0 Å². The van der Waals surface area contributed by atoms with Crippen LogP contribution < -0.4 is 0 Å². The van der Waals surface area contributed by atoms with E-state index >= 15 is 0 Å². The molecule has 0 aliphatic heterocycles. The van der Waals surface area contributed by atoms with Gasteiger partial charge < -0.3 is 9.52 Å². The maximum absolute atomic E-state index is 11.7. The first-order chi connectivity index (χ1) is 4.74. The molecule has 0 unspecified atom stereocenters. The van der Waals surface area contributed by atoms with Gasteiger partial charge in [-0.1, -0.05) is 0 Å². The number of nitrogens with zero attached hydrogens (tertiary/aromatic N) is 1. The molecule has 0 saturated carbocycles. The molecule has 0 radical (unpaired) electrons. The molecule has 0 fully saturated rings. The fraction of sp³-hybridized carbons (Fsp3) is 0.200. The molecule has 54 valence electrons. The van der Waals surface area contributed by atoms with Gasteiger partial charge in [0.25, 0.3) is 0 Å². The van der Waals surface area contributed by atoms with Gasteiger partial charge in [-0.05, 0) is 0 Å². The summed E-state index contributed by atoms with van der Waals surface area (Å²) in [7, 11) is 0. The van der Waals surface area contributed by atoms with Crippen LogP contribution in [0.2, 0.25) is 0 Å². The Bertz CT molecular complexity index is 245. The van der Waals surface area contributed by atoms with Crippen molar-refractivity contribution in [2.45, 2.75) is 6.67 Å². The van der Waals surface area contributed by atoms with Crippen molar-refractivity contribution in [2.24, 2.45) is 0 Å². The summed E-state index contributed by atoms with van der Waals surface area (Å²) in [6, 6.07) is 0. The molecular formula is C5H4FNO3. The number of oxazole rings is 1. The molecule has 10 heavy (non-hydrogen) atoms. The monoisotopic (exact) mass is 145 g/mol. The zero-order chi connectivity index (χ0) is 7.56. The predicted octanol–water partition coefficient (Wildman–Crippen LogP) is 0.842. The molecule has 0 amide bonds. The fourth-order valence-electron chi connectivity index (χ4n) is 0.470. The number of halogens is 1. The molecule has 0 aromatic carbocycles. The minimum atomic E-state index is -1.22. The topological polar surface area (TPSA) is 63.3 Å². The van der Waals surface area contributed by atoms with Gasteiger partial charge in [-0.3, -0.25) is 0 Å². The Balaban J connectivity index is 2.88. The van der Waals surface area contributed by atoms with Crippen LogP contribution in [0.4, 0.5) is 4.39 Å². The van der Waals surface area contributed by atoms with E-state index in [1.165, 1.54) is 0 Å². The first-order valence-corrected chi connectivity index (χ1v) is 2.47. The summed E-state index contributed by atoms with van der Waals surface area (Å²) < 4.78 is 16.1. The Morgan fingerprint density at radius 2 is 2.60 bits per heavy atom. The van der Waals surface area contributed by atoms with Crippen molar-refractivity contribution in [2.75, 3.05) is 0 Å². The van der Waals surface area contributed by atoms with Crippen molar-refractivity contribution in [1.82, 2.24) is 4.98 Å². The zero-order valence-corrected chi connectivity index (χ0v) is 4.87. The van der Waals surface area contributed by atoms with E-state index in [9.17, 15) is 9.18 Å². The van der Waals surface area contributed by atoms with E-state index in [-0.39, 0.29) is 11.6 Å². The minimum absolute atomic E-state index is 0.211. The molecule has 5 heteroatoms. The van der Waals surface area contributed by atoms with Gasteiger partial charge in [0.15, 0.2) is 12.4 Å². The van der Waals surface area contributed by atoms with Crippen LogP contribution >= 0.6 is 0 Å². The zero-order valence-electron chi connectivity index (χ0n) is 4.87. The number of aromatic carboxylic acids is 1. The molecule has 1 aromatic rings. The SMILES string of the molecule is O=C(O)c1coc(CF)n1. The first kappa shape index (κ1) is 6.73. The average molecular weight is 145 g/mol. The van der Waals surface area contributed by atoms with E-state index in [1.807, 2.05) is 0 Å². The van der Waals surface area contributed by atoms with Crippen LogP contribution in [-0.2, 0) is 6.67 Å². The van der Waals surface area contributed by atoms with Crippen molar-refractivity contribution in [3.63, 3.8) is 0 Å². The van der Waals surface area contributed by atoms with Gasteiger partial charge >= 0.3 is 5.97 Å². The maximum atomic E-state index is 11.7. The quantitative estimate of drug-likeness (QED) is 0.669. The average Bonchev–Trinajstić information content (AvgIpc) is 2.34. The van der Waals surface area contributed by atoms with Crippen LogP contribution in [0.1, 0.15) is 16.4 Å². The lowest BCUT2D eigenvalue weighted by atomic mass is 10.5. The van der Waals surface area contributed by atoms with Gasteiger partial charge in [0.1, 0.15) is 6.26 Å². The van der Waals surface area contributed by atoms with E-state index in [0.29, 0.717) is 0 Å². The maximum Gasteiger partial charge on any atom is 0.357 e. The Morgan fingerprint density at radius 3 is 2.90 bits per heavy atom. The van der Waals surface area contributed by atoms with Gasteiger partial charge in [-0.25, -0.2) is 14.2 Å². The summed E-state index contributed by atoms with van der Waals surface area (Å²) in [6.07, 6.45) is 0.900. The lowest BCUT2D eigenvalue weighted by Gasteiger charge is -1.78. The Hall–Kier alpha value is -1.39. The molecule has 0 bridgehead atoms. The lowest BCUT2D eigenvalue weighted by Crippen LogP contribution is -1.95. The van der Waals surface area contributed by atoms with Crippen molar-refractivity contribution in [3.8, 4) is 0 Å². The van der Waals surface area contributed by atoms with Gasteiger partial charge in [-0.2, -0.15) is 0 Å². The molecule has 1 heterocycles. The Kier molecular flexibility index (Phi) is 1.66. The van der Waals surface area contributed by atoms with Crippen LogP contribution in [0.3, 0.4) is 0 Å². The van der Waals surface area contributed by atoms with Gasteiger partial charge in [-0.15, -0.1) is 0 Å². The van der Waals surface area contributed by atoms with Crippen LogP contribution in [-0.4, -0.2) is 16.1 Å². The second kappa shape index (κ2) is 2.47. The number of carboxylic acid groups (broad SMARTS) is 1. The highest BCUT2D eigenvalue weighted by molar-refractivity contribution is 5.84. The van der Waals surface area contributed by atoms with Gasteiger partial charge in [0, 0.05) is 0 Å². The second-order valence-corrected chi connectivity index (χ2v) is 1.57. The molecule has 1 aromatic heterocycles. The molecular weight excluding hydrogens is 141 g/mol. The molecule has 0 aliphatic rings. The Morgan fingerprint density at radius 1 is 1.90 bits per heavy atom. The first-order valence-electron chi connectivity index (χ1n) is 2.47. The van der Waals surface area contributed by atoms with E-state index in [4.69, 9.17) is 5.11 Å². The fourth-order valence-corrected chi connectivity index (χ4v) is 0.470. The van der Waals surface area contributed by atoms with E-state index < -0.39 is 12.6 Å². The third-order valence-electron chi connectivity index (χ3n) is 0.885. The summed E-state index contributed by atoms with van der Waals surface area (Å²) in [5.74, 6) is -1.43. The summed E-state index contributed by atoms with van der Waals surface area (Å²) in [5.41, 5.74) is -0.271. The highest BCUT2D eigenvalue weighted by Crippen LogP contribution is 2.02. The number of alkyl halides is 1. The molecule has 1 rings (SSSR count). The molecule has 0 spiro atoms. The predicted molar refractivity (Wildman–Crippen MR) is 28.3 cm³/mol. The Labute approximate surface area is 55.3 Å². The minimum Gasteiger partial charge on any atom is -0.476 e. The third-order valence-corrected chi connectivity index (χ3v) is 0.885. The van der Waals surface area contributed by atoms with Gasteiger partial charge in [0.05, 0.1) is 0 Å². The lowest BCUT2D eigenvalue weighted by molar-refractivity contribution is 0.0690. The largest absolute Gasteiger partial charge is 0.476 e. The van der Waals surface area contributed by atoms with Crippen LogP contribution in [0, 0.1) is 0 Å². The molecule has 1 N–H and O–H groups in total. The highest BCUT2D eigenvalue weighted by atomic mass is 19.1. The van der Waals surface area contributed by atoms with E-state index in [1.54, 1.807) is 0 Å². The normalized spacial score (nSPS) is 9.70. The van der Waals surface area contributed by atoms with Crippen molar-refractivity contribution < 1.29 is 18.7 Å². The van der Waals surface area contributed by atoms with Crippen LogP contribution in [0.15, 0.2) is 10.7 Å². The van der Waals surface area contributed by atoms with E-state index in [0.717, 1.165) is 6.26 Å². The smallest absolute Gasteiger partial charge is 0.357 e. The molecule has 4 nitrogen and oxygen atoms in total. The summed E-state index contributed by atoms with van der Waals surface area (Å²) >= 11 is 0. The van der Waals surface area contributed by atoms with Crippen molar-refractivity contribution >= 4 is 5.97 Å². The summed E-state index contributed by atoms with van der Waals surface area (Å²) in [6.45, 7) is -0.882. The summed E-state index contributed by atoms with van der Waals surface area (Å²) in [5, 5.41) is 8.25. The number of rotatable bonds is 2. The number of carboxylic acids is 1. The summed E-state index contributed by atoms with van der Waals surface area (Å²) in [4.78, 5) is 13.4. The second-order valence-electron chi connectivity index (χ2n) is 1.57. The highest BCUT2D eigenvalue weighted by Gasteiger charge is 2.08. The third kappa shape index (κ3) is 1.12. The van der Waals surface area contributed by atoms with Crippen molar-refractivity contribution in [1.29, 1.82) is 0 Å². The number of carbonyl (C=O) groups is 1. The number of hydrogen-bond acceptors (Lipinski definition) is 3. The number of hydrogen-bond donors (Lipinski definition) is 1. The number of aromatic nitrogens is 1. The molecule has 0 atom stereocenters. The van der Waals surface area contributed by atoms with Crippen molar-refractivity contribution in [3.05, 3.63) is 17.8 Å². The molecule has 0 aliphatic carbocycles. The van der Waals surface area contributed by atoms with Gasteiger partial charge in [0.2, 0.25) is 5.89 Å². The molecule has 0 saturated heterocycles. The standard InChI is InChI=1S/C5H4FNO3/c6-1-4-7-3(2-10-4)5(8)9/h2H,1H2,(H,8,9).